The van der Waals surface area contributed by atoms with Gasteiger partial charge in [0.05, 0.1) is 17.2 Å². The van der Waals surface area contributed by atoms with Crippen LogP contribution in [0.4, 0.5) is 17.1 Å². The van der Waals surface area contributed by atoms with Crippen molar-refractivity contribution in [3.63, 3.8) is 0 Å². The summed E-state index contributed by atoms with van der Waals surface area (Å²) in [6.07, 6.45) is 0. The summed E-state index contributed by atoms with van der Waals surface area (Å²) in [5.74, 6) is -0.437. The highest BCUT2D eigenvalue weighted by molar-refractivity contribution is 5.57. The van der Waals surface area contributed by atoms with Crippen LogP contribution >= 0.6 is 0 Å². The van der Waals surface area contributed by atoms with Crippen molar-refractivity contribution in [2.75, 3.05) is 0 Å². The first-order valence-corrected chi connectivity index (χ1v) is 8.49. The van der Waals surface area contributed by atoms with Crippen LogP contribution in [0.15, 0.2) is 69.6 Å². The van der Waals surface area contributed by atoms with Crippen LogP contribution in [-0.4, -0.2) is 14.6 Å². The molecule has 1 aromatic heterocycles. The Balaban J connectivity index is 2.06. The van der Waals surface area contributed by atoms with Crippen LogP contribution in [0, 0.1) is 28.4 Å². The molecule has 0 atom stereocenters. The second-order valence-electron chi connectivity index (χ2n) is 6.13. The minimum Gasteiger partial charge on any atom is -0.493 e. The molecule has 9 nitrogen and oxygen atoms in total. The molecule has 0 aliphatic heterocycles. The third kappa shape index (κ3) is 4.01. The third-order valence-corrected chi connectivity index (χ3v) is 4.28. The minimum absolute atomic E-state index is 0.0561. The fourth-order valence-electron chi connectivity index (χ4n) is 2.72. The molecular weight excluding hydrogens is 374 g/mol. The molecule has 2 aromatic carbocycles. The summed E-state index contributed by atoms with van der Waals surface area (Å²) in [7, 11) is 0. The van der Waals surface area contributed by atoms with Gasteiger partial charge in [0.25, 0.3) is 11.2 Å². The number of nitro benzene ring substituents is 1. The number of nitro groups is 1. The maximum Gasteiger partial charge on any atom is 0.281 e. The molecule has 0 bridgehead atoms. The predicted octanol–water partition coefficient (Wildman–Crippen LogP) is 4.11. The highest BCUT2D eigenvalue weighted by Gasteiger charge is 2.19. The number of nitriles is 1. The van der Waals surface area contributed by atoms with Crippen molar-refractivity contribution in [1.82, 2.24) is 4.57 Å². The van der Waals surface area contributed by atoms with Crippen LogP contribution in [0.5, 0.6) is 5.88 Å². The van der Waals surface area contributed by atoms with Gasteiger partial charge in [-0.05, 0) is 24.6 Å². The molecule has 0 spiro atoms. The van der Waals surface area contributed by atoms with Crippen LogP contribution in [0.1, 0.15) is 16.7 Å². The number of rotatable bonds is 5. The minimum atomic E-state index is -0.603. The van der Waals surface area contributed by atoms with Gasteiger partial charge >= 0.3 is 0 Å². The number of azo groups is 1. The van der Waals surface area contributed by atoms with E-state index in [-0.39, 0.29) is 29.0 Å². The number of nitrogens with zero attached hydrogens (tertiary/aromatic N) is 5. The Morgan fingerprint density at radius 1 is 1.14 bits per heavy atom. The molecule has 0 saturated carbocycles. The highest BCUT2D eigenvalue weighted by atomic mass is 16.6. The van der Waals surface area contributed by atoms with Gasteiger partial charge in [0, 0.05) is 17.7 Å². The molecule has 3 aromatic rings. The van der Waals surface area contributed by atoms with Gasteiger partial charge in [-0.2, -0.15) is 10.4 Å². The predicted molar refractivity (Wildman–Crippen MR) is 105 cm³/mol. The summed E-state index contributed by atoms with van der Waals surface area (Å²) in [5, 5.41) is 38.5. The lowest BCUT2D eigenvalue weighted by Crippen LogP contribution is -2.22. The molecule has 0 fully saturated rings. The van der Waals surface area contributed by atoms with Gasteiger partial charge in [-0.1, -0.05) is 30.3 Å². The van der Waals surface area contributed by atoms with Gasteiger partial charge in [0.15, 0.2) is 5.69 Å². The number of pyridine rings is 1. The monoisotopic (exact) mass is 389 g/mol. The van der Waals surface area contributed by atoms with Crippen LogP contribution < -0.4 is 5.56 Å². The smallest absolute Gasteiger partial charge is 0.281 e. The van der Waals surface area contributed by atoms with Crippen LogP contribution in [-0.2, 0) is 6.54 Å². The summed E-state index contributed by atoms with van der Waals surface area (Å²) in [4.78, 5) is 23.1. The maximum atomic E-state index is 12.9. The lowest BCUT2D eigenvalue weighted by atomic mass is 10.1. The molecule has 0 aliphatic carbocycles. The van der Waals surface area contributed by atoms with Crippen molar-refractivity contribution >= 4 is 17.1 Å². The Morgan fingerprint density at radius 3 is 2.38 bits per heavy atom. The zero-order valence-electron chi connectivity index (χ0n) is 15.3. The highest BCUT2D eigenvalue weighted by Crippen LogP contribution is 2.27. The Hall–Kier alpha value is -4.32. The molecular formula is C20H15N5O4. The maximum absolute atomic E-state index is 12.9. The molecule has 1 N–H and O–H groups in total. The van der Waals surface area contributed by atoms with E-state index in [2.05, 4.69) is 10.2 Å². The molecule has 29 heavy (non-hydrogen) atoms. The van der Waals surface area contributed by atoms with Crippen molar-refractivity contribution in [1.29, 1.82) is 5.26 Å². The molecule has 0 amide bonds. The largest absolute Gasteiger partial charge is 0.493 e. The average Bonchev–Trinajstić information content (AvgIpc) is 2.72. The van der Waals surface area contributed by atoms with Gasteiger partial charge < -0.3 is 5.11 Å². The van der Waals surface area contributed by atoms with Crippen molar-refractivity contribution < 1.29 is 10.0 Å². The van der Waals surface area contributed by atoms with E-state index >= 15 is 0 Å². The van der Waals surface area contributed by atoms with E-state index in [0.29, 0.717) is 5.69 Å². The van der Waals surface area contributed by atoms with E-state index < -0.39 is 16.4 Å². The second kappa shape index (κ2) is 8.14. The van der Waals surface area contributed by atoms with Crippen molar-refractivity contribution in [3.8, 4) is 11.9 Å². The van der Waals surface area contributed by atoms with Gasteiger partial charge in [-0.25, -0.2) is 0 Å². The molecule has 0 radical (unpaired) electrons. The fourth-order valence-corrected chi connectivity index (χ4v) is 2.72. The van der Waals surface area contributed by atoms with Gasteiger partial charge in [0.1, 0.15) is 11.6 Å². The number of hydrogen-bond donors (Lipinski definition) is 1. The summed E-state index contributed by atoms with van der Waals surface area (Å²) >= 11 is 0. The van der Waals surface area contributed by atoms with E-state index in [1.165, 1.54) is 31.2 Å². The number of hydrogen-bond acceptors (Lipinski definition) is 7. The zero-order valence-corrected chi connectivity index (χ0v) is 15.3. The fraction of sp³-hybridized carbons (Fsp3) is 0.100. The summed E-state index contributed by atoms with van der Waals surface area (Å²) in [6.45, 7) is 1.55. The molecule has 9 heteroatoms. The normalized spacial score (nSPS) is 10.8. The van der Waals surface area contributed by atoms with Gasteiger partial charge in [-0.15, -0.1) is 5.11 Å². The van der Waals surface area contributed by atoms with E-state index in [1.54, 1.807) is 24.3 Å². The number of aromatic hydroxyl groups is 1. The van der Waals surface area contributed by atoms with E-state index in [4.69, 9.17) is 0 Å². The first kappa shape index (κ1) is 19.4. The molecule has 1 heterocycles. The first-order valence-electron chi connectivity index (χ1n) is 8.49. The lowest BCUT2D eigenvalue weighted by molar-refractivity contribution is -0.384. The quantitative estimate of drug-likeness (QED) is 0.398. The third-order valence-electron chi connectivity index (χ3n) is 4.28. The lowest BCUT2D eigenvalue weighted by Gasteiger charge is -2.13. The Kier molecular flexibility index (Phi) is 5.46. The van der Waals surface area contributed by atoms with Gasteiger partial charge in [-0.3, -0.25) is 19.5 Å². The van der Waals surface area contributed by atoms with Crippen molar-refractivity contribution in [3.05, 3.63) is 91.8 Å². The molecule has 144 valence electrons. The van der Waals surface area contributed by atoms with Crippen LogP contribution in [0.3, 0.4) is 0 Å². The Bertz CT molecular complexity index is 1190. The average molecular weight is 389 g/mol. The molecule has 0 unspecified atom stereocenters. The standard InChI is InChI=1S/C20H15N5O4/c1-13-17(11-21)19(26)24(12-14-5-3-2-4-6-14)20(27)18(13)23-22-15-7-9-16(10-8-15)25(28)29/h2-10,26H,12H2,1H3. The number of non-ortho nitro benzene ring substituents is 1. The van der Waals surface area contributed by atoms with Crippen molar-refractivity contribution in [2.45, 2.75) is 13.5 Å². The summed E-state index contributed by atoms with van der Waals surface area (Å²) in [5.41, 5.74) is 0.401. The van der Waals surface area contributed by atoms with Crippen LogP contribution in [0.25, 0.3) is 0 Å². The summed E-state index contributed by atoms with van der Waals surface area (Å²) < 4.78 is 1.06. The number of aromatic nitrogens is 1. The van der Waals surface area contributed by atoms with E-state index in [0.717, 1.165) is 10.1 Å². The Labute approximate surface area is 165 Å². The van der Waals surface area contributed by atoms with E-state index in [1.807, 2.05) is 12.1 Å². The molecule has 3 rings (SSSR count). The molecule has 0 aliphatic rings. The van der Waals surface area contributed by atoms with Crippen molar-refractivity contribution in [2.24, 2.45) is 10.2 Å². The van der Waals surface area contributed by atoms with Gasteiger partial charge in [0.2, 0.25) is 5.88 Å². The summed E-state index contributed by atoms with van der Waals surface area (Å²) in [6, 6.07) is 16.2. The van der Waals surface area contributed by atoms with E-state index in [9.17, 15) is 25.3 Å². The number of benzene rings is 2. The second-order valence-corrected chi connectivity index (χ2v) is 6.13. The topological polar surface area (TPSA) is 134 Å². The zero-order chi connectivity index (χ0) is 21.0. The Morgan fingerprint density at radius 2 is 1.79 bits per heavy atom. The first-order chi connectivity index (χ1) is 13.9. The molecule has 0 saturated heterocycles. The SMILES string of the molecule is Cc1c(C#N)c(O)n(Cc2ccccc2)c(=O)c1N=Nc1ccc([N+](=O)[O-])cc1. The van der Waals surface area contributed by atoms with Crippen LogP contribution in [0.2, 0.25) is 0 Å².